The summed E-state index contributed by atoms with van der Waals surface area (Å²) < 4.78 is 0. The molecule has 1 unspecified atom stereocenters. The minimum atomic E-state index is -0.262. The normalized spacial score (nSPS) is 21.0. The van der Waals surface area contributed by atoms with Gasteiger partial charge >= 0.3 is 0 Å². The number of amides is 2. The van der Waals surface area contributed by atoms with Gasteiger partial charge < -0.3 is 16.0 Å². The lowest BCUT2D eigenvalue weighted by Gasteiger charge is -2.25. The van der Waals surface area contributed by atoms with E-state index < -0.39 is 0 Å². The Kier molecular flexibility index (Phi) is 4.96. The SMILES string of the molecule is CCC1(C(=O)NCc2ccc(C(=O)NC)cc2)CCNC1. The summed E-state index contributed by atoms with van der Waals surface area (Å²) in [6, 6.07) is 7.28. The fourth-order valence-corrected chi connectivity index (χ4v) is 2.69. The maximum absolute atomic E-state index is 12.4. The van der Waals surface area contributed by atoms with Crippen LogP contribution in [0, 0.1) is 5.41 Å². The van der Waals surface area contributed by atoms with Crippen LogP contribution in [0.5, 0.6) is 0 Å². The Balaban J connectivity index is 1.93. The number of hydrogen-bond acceptors (Lipinski definition) is 3. The van der Waals surface area contributed by atoms with E-state index in [-0.39, 0.29) is 17.2 Å². The molecule has 1 aliphatic rings. The quantitative estimate of drug-likeness (QED) is 0.759. The Hall–Kier alpha value is -1.88. The lowest BCUT2D eigenvalue weighted by molar-refractivity contribution is -0.130. The van der Waals surface area contributed by atoms with Crippen LogP contribution in [0.15, 0.2) is 24.3 Å². The van der Waals surface area contributed by atoms with Crippen LogP contribution in [-0.2, 0) is 11.3 Å². The molecular formula is C16H23N3O2. The Labute approximate surface area is 125 Å². The van der Waals surface area contributed by atoms with E-state index in [2.05, 4.69) is 22.9 Å². The van der Waals surface area contributed by atoms with Crippen molar-refractivity contribution in [3.05, 3.63) is 35.4 Å². The third kappa shape index (κ3) is 3.42. The highest BCUT2D eigenvalue weighted by molar-refractivity contribution is 5.93. The largest absolute Gasteiger partial charge is 0.355 e. The van der Waals surface area contributed by atoms with Crippen molar-refractivity contribution < 1.29 is 9.59 Å². The molecule has 1 aliphatic heterocycles. The summed E-state index contributed by atoms with van der Waals surface area (Å²) in [5, 5.41) is 8.87. The molecule has 21 heavy (non-hydrogen) atoms. The highest BCUT2D eigenvalue weighted by atomic mass is 16.2. The van der Waals surface area contributed by atoms with Crippen LogP contribution in [0.2, 0.25) is 0 Å². The smallest absolute Gasteiger partial charge is 0.251 e. The molecule has 0 radical (unpaired) electrons. The second kappa shape index (κ2) is 6.72. The van der Waals surface area contributed by atoms with E-state index in [0.717, 1.165) is 31.5 Å². The van der Waals surface area contributed by atoms with Crippen LogP contribution < -0.4 is 16.0 Å². The highest BCUT2D eigenvalue weighted by Gasteiger charge is 2.39. The van der Waals surface area contributed by atoms with E-state index in [0.29, 0.717) is 12.1 Å². The van der Waals surface area contributed by atoms with Gasteiger partial charge in [-0.2, -0.15) is 0 Å². The van der Waals surface area contributed by atoms with Crippen LogP contribution in [0.1, 0.15) is 35.7 Å². The molecule has 0 aliphatic carbocycles. The second-order valence-corrected chi connectivity index (χ2v) is 5.52. The monoisotopic (exact) mass is 289 g/mol. The third-order valence-electron chi connectivity index (χ3n) is 4.30. The molecule has 2 amide bonds. The molecule has 3 N–H and O–H groups in total. The van der Waals surface area contributed by atoms with Gasteiger partial charge in [0.15, 0.2) is 0 Å². The first-order valence-corrected chi connectivity index (χ1v) is 7.41. The van der Waals surface area contributed by atoms with Gasteiger partial charge in [-0.05, 0) is 37.1 Å². The van der Waals surface area contributed by atoms with Crippen LogP contribution in [0.4, 0.5) is 0 Å². The summed E-state index contributed by atoms with van der Waals surface area (Å²) in [5.74, 6) is 0.0120. The van der Waals surface area contributed by atoms with Crippen LogP contribution in [0.25, 0.3) is 0 Å². The van der Waals surface area contributed by atoms with Crippen molar-refractivity contribution in [3.63, 3.8) is 0 Å². The number of rotatable bonds is 5. The number of carbonyl (C=O) groups is 2. The van der Waals surface area contributed by atoms with E-state index >= 15 is 0 Å². The van der Waals surface area contributed by atoms with Crippen molar-refractivity contribution in [3.8, 4) is 0 Å². The van der Waals surface area contributed by atoms with E-state index in [9.17, 15) is 9.59 Å². The average Bonchev–Trinajstić information content (AvgIpc) is 3.02. The summed E-state index contributed by atoms with van der Waals surface area (Å²) in [6.07, 6.45) is 1.74. The summed E-state index contributed by atoms with van der Waals surface area (Å²) in [7, 11) is 1.61. The molecule has 1 saturated heterocycles. The molecular weight excluding hydrogens is 266 g/mol. The zero-order valence-corrected chi connectivity index (χ0v) is 12.7. The van der Waals surface area contributed by atoms with Gasteiger partial charge in [-0.1, -0.05) is 19.1 Å². The molecule has 0 bridgehead atoms. The van der Waals surface area contributed by atoms with Gasteiger partial charge in [0.2, 0.25) is 5.91 Å². The first-order chi connectivity index (χ1) is 10.1. The summed E-state index contributed by atoms with van der Waals surface area (Å²) >= 11 is 0. The topological polar surface area (TPSA) is 70.2 Å². The van der Waals surface area contributed by atoms with Gasteiger partial charge in [0.25, 0.3) is 5.91 Å². The molecule has 5 heteroatoms. The molecule has 1 aromatic rings. The fraction of sp³-hybridized carbons (Fsp3) is 0.500. The van der Waals surface area contributed by atoms with Gasteiger partial charge in [-0.25, -0.2) is 0 Å². The van der Waals surface area contributed by atoms with E-state index in [1.165, 1.54) is 0 Å². The molecule has 0 saturated carbocycles. The maximum Gasteiger partial charge on any atom is 0.251 e. The molecule has 1 heterocycles. The van der Waals surface area contributed by atoms with Crippen LogP contribution in [0.3, 0.4) is 0 Å². The number of nitrogens with one attached hydrogen (secondary N) is 3. The van der Waals surface area contributed by atoms with Crippen molar-refractivity contribution in [2.75, 3.05) is 20.1 Å². The molecule has 0 spiro atoms. The van der Waals surface area contributed by atoms with Crippen molar-refractivity contribution in [1.82, 2.24) is 16.0 Å². The molecule has 5 nitrogen and oxygen atoms in total. The first-order valence-electron chi connectivity index (χ1n) is 7.41. The molecule has 1 atom stereocenters. The molecule has 114 valence electrons. The van der Waals surface area contributed by atoms with Gasteiger partial charge in [0, 0.05) is 25.7 Å². The summed E-state index contributed by atoms with van der Waals surface area (Å²) in [6.45, 7) is 4.21. The standard InChI is InChI=1S/C16H23N3O2/c1-3-16(8-9-18-11-16)15(21)19-10-12-4-6-13(7-5-12)14(20)17-2/h4-7,18H,3,8-11H2,1-2H3,(H,17,20)(H,19,21). The molecule has 1 aromatic carbocycles. The molecule has 1 fully saturated rings. The van der Waals surface area contributed by atoms with Crippen LogP contribution >= 0.6 is 0 Å². The summed E-state index contributed by atoms with van der Waals surface area (Å²) in [5.41, 5.74) is 1.35. The van der Waals surface area contributed by atoms with Crippen molar-refractivity contribution in [2.45, 2.75) is 26.3 Å². The maximum atomic E-state index is 12.4. The molecule has 2 rings (SSSR count). The lowest BCUT2D eigenvalue weighted by atomic mass is 9.83. The molecule has 0 aromatic heterocycles. The van der Waals surface area contributed by atoms with Crippen molar-refractivity contribution in [2.24, 2.45) is 5.41 Å². The number of carbonyl (C=O) groups excluding carboxylic acids is 2. The van der Waals surface area contributed by atoms with Crippen LogP contribution in [-0.4, -0.2) is 32.0 Å². The zero-order chi connectivity index (χ0) is 15.3. The van der Waals surface area contributed by atoms with E-state index in [1.54, 1.807) is 19.2 Å². The zero-order valence-electron chi connectivity index (χ0n) is 12.7. The third-order valence-corrected chi connectivity index (χ3v) is 4.30. The Morgan fingerprint density at radius 3 is 2.52 bits per heavy atom. The van der Waals surface area contributed by atoms with Gasteiger partial charge in [-0.15, -0.1) is 0 Å². The van der Waals surface area contributed by atoms with Crippen molar-refractivity contribution >= 4 is 11.8 Å². The van der Waals surface area contributed by atoms with Gasteiger partial charge in [-0.3, -0.25) is 9.59 Å². The second-order valence-electron chi connectivity index (χ2n) is 5.52. The fourth-order valence-electron chi connectivity index (χ4n) is 2.69. The Bertz CT molecular complexity index is 505. The highest BCUT2D eigenvalue weighted by Crippen LogP contribution is 2.29. The number of benzene rings is 1. The van der Waals surface area contributed by atoms with Gasteiger partial charge in [0.1, 0.15) is 0 Å². The lowest BCUT2D eigenvalue weighted by Crippen LogP contribution is -2.41. The average molecular weight is 289 g/mol. The van der Waals surface area contributed by atoms with E-state index in [4.69, 9.17) is 0 Å². The predicted molar refractivity (Wildman–Crippen MR) is 81.9 cm³/mol. The Morgan fingerprint density at radius 1 is 1.29 bits per heavy atom. The van der Waals surface area contributed by atoms with Crippen molar-refractivity contribution in [1.29, 1.82) is 0 Å². The summed E-state index contributed by atoms with van der Waals surface area (Å²) in [4.78, 5) is 23.8. The number of hydrogen-bond donors (Lipinski definition) is 3. The van der Waals surface area contributed by atoms with E-state index in [1.807, 2.05) is 12.1 Å². The Morgan fingerprint density at radius 2 is 2.00 bits per heavy atom. The first kappa shape index (κ1) is 15.5. The minimum Gasteiger partial charge on any atom is -0.355 e. The predicted octanol–water partition coefficient (Wildman–Crippen LogP) is 1.05. The van der Waals surface area contributed by atoms with Gasteiger partial charge in [0.05, 0.1) is 5.41 Å². The minimum absolute atomic E-state index is 0.104.